The Morgan fingerprint density at radius 2 is 1.79 bits per heavy atom. The van der Waals surface area contributed by atoms with Crippen molar-refractivity contribution in [2.24, 2.45) is 0 Å². The van der Waals surface area contributed by atoms with Crippen molar-refractivity contribution < 1.29 is 14.0 Å². The number of anilines is 2. The number of nitrogens with zero attached hydrogens (tertiary/aromatic N) is 1. The number of para-hydroxylation sites is 1. The van der Waals surface area contributed by atoms with Gasteiger partial charge in [0.05, 0.1) is 0 Å². The molecule has 0 bridgehead atoms. The fraction of sp³-hybridized carbons (Fsp3) is 0.130. The molecule has 5 rings (SSSR count). The van der Waals surface area contributed by atoms with Crippen LogP contribution >= 0.6 is 0 Å². The summed E-state index contributed by atoms with van der Waals surface area (Å²) in [7, 11) is 0. The Morgan fingerprint density at radius 3 is 2.64 bits per heavy atom. The Balaban J connectivity index is 1.42. The van der Waals surface area contributed by atoms with Crippen LogP contribution in [0.4, 0.5) is 11.4 Å². The fourth-order valence-corrected chi connectivity index (χ4v) is 3.74. The lowest BCUT2D eigenvalue weighted by Crippen LogP contribution is -2.24. The monoisotopic (exact) mass is 370 g/mol. The van der Waals surface area contributed by atoms with E-state index in [0.717, 1.165) is 34.0 Å². The van der Waals surface area contributed by atoms with E-state index < -0.39 is 0 Å². The normalized spacial score (nSPS) is 14.1. The Kier molecular flexibility index (Phi) is 3.86. The number of carbonyl (C=O) groups is 2. The summed E-state index contributed by atoms with van der Waals surface area (Å²) in [5.74, 6) is -0.114. The summed E-state index contributed by atoms with van der Waals surface area (Å²) in [6.07, 6.45) is 1.42. The molecule has 0 saturated carbocycles. The summed E-state index contributed by atoms with van der Waals surface area (Å²) in [6.45, 7) is 0.701. The Morgan fingerprint density at radius 1 is 0.929 bits per heavy atom. The van der Waals surface area contributed by atoms with Gasteiger partial charge in [-0.2, -0.15) is 0 Å². The third kappa shape index (κ3) is 2.81. The number of hydrogen-bond donors (Lipinski definition) is 1. The molecule has 1 fully saturated rings. The van der Waals surface area contributed by atoms with Crippen molar-refractivity contribution in [3.05, 3.63) is 72.3 Å². The van der Waals surface area contributed by atoms with Crippen molar-refractivity contribution in [2.75, 3.05) is 16.8 Å². The van der Waals surface area contributed by atoms with Gasteiger partial charge in [-0.25, -0.2) is 0 Å². The summed E-state index contributed by atoms with van der Waals surface area (Å²) in [4.78, 5) is 26.4. The molecule has 0 spiro atoms. The van der Waals surface area contributed by atoms with Crippen molar-refractivity contribution in [3.8, 4) is 0 Å². The first-order valence-corrected chi connectivity index (χ1v) is 9.32. The first kappa shape index (κ1) is 16.6. The van der Waals surface area contributed by atoms with Gasteiger partial charge in [-0.05, 0) is 42.8 Å². The predicted octanol–water partition coefficient (Wildman–Crippen LogP) is 4.97. The molecule has 3 aromatic carbocycles. The second kappa shape index (κ2) is 6.53. The maximum absolute atomic E-state index is 12.7. The van der Waals surface area contributed by atoms with E-state index in [1.807, 2.05) is 48.5 Å². The number of furan rings is 1. The van der Waals surface area contributed by atoms with Crippen molar-refractivity contribution in [3.63, 3.8) is 0 Å². The number of amides is 2. The minimum Gasteiger partial charge on any atom is -0.456 e. The van der Waals surface area contributed by atoms with Gasteiger partial charge in [-0.15, -0.1) is 0 Å². The molecule has 2 amide bonds. The third-order valence-corrected chi connectivity index (χ3v) is 5.13. The van der Waals surface area contributed by atoms with E-state index in [-0.39, 0.29) is 11.8 Å². The van der Waals surface area contributed by atoms with Crippen LogP contribution in [0.25, 0.3) is 21.9 Å². The molecule has 1 aliphatic rings. The minimum atomic E-state index is -0.219. The molecule has 28 heavy (non-hydrogen) atoms. The highest BCUT2D eigenvalue weighted by Gasteiger charge is 2.22. The van der Waals surface area contributed by atoms with Crippen molar-refractivity contribution in [2.45, 2.75) is 12.8 Å². The average Bonchev–Trinajstić information content (AvgIpc) is 3.31. The molecule has 1 aromatic heterocycles. The highest BCUT2D eigenvalue weighted by molar-refractivity contribution is 6.09. The van der Waals surface area contributed by atoms with Crippen LogP contribution in [-0.2, 0) is 4.79 Å². The van der Waals surface area contributed by atoms with Crippen LogP contribution in [0.5, 0.6) is 0 Å². The van der Waals surface area contributed by atoms with Crippen LogP contribution in [0.3, 0.4) is 0 Å². The standard InChI is InChI=1S/C23H18N2O3/c26-22-9-4-12-25(22)17-6-3-5-15(13-17)23(27)24-16-10-11-19-18-7-1-2-8-20(18)28-21(19)14-16/h1-3,5-8,10-11,13-14H,4,9,12H2,(H,24,27). The molecule has 5 nitrogen and oxygen atoms in total. The lowest BCUT2D eigenvalue weighted by Gasteiger charge is -2.16. The van der Waals surface area contributed by atoms with Gasteiger partial charge in [0.1, 0.15) is 11.2 Å². The molecule has 5 heteroatoms. The number of nitrogens with one attached hydrogen (secondary N) is 1. The summed E-state index contributed by atoms with van der Waals surface area (Å²) in [6, 6.07) is 20.7. The van der Waals surface area contributed by atoms with Gasteiger partial charge < -0.3 is 14.6 Å². The van der Waals surface area contributed by atoms with Gasteiger partial charge in [-0.3, -0.25) is 9.59 Å². The molecule has 138 valence electrons. The number of carbonyl (C=O) groups excluding carboxylic acids is 2. The van der Waals surface area contributed by atoms with Gasteiger partial charge >= 0.3 is 0 Å². The number of hydrogen-bond acceptors (Lipinski definition) is 3. The number of rotatable bonds is 3. The average molecular weight is 370 g/mol. The van der Waals surface area contributed by atoms with Gasteiger partial charge in [0, 0.05) is 46.7 Å². The fourth-order valence-electron chi connectivity index (χ4n) is 3.74. The van der Waals surface area contributed by atoms with Crippen LogP contribution in [-0.4, -0.2) is 18.4 Å². The zero-order valence-electron chi connectivity index (χ0n) is 15.1. The molecule has 0 aliphatic carbocycles. The summed E-state index contributed by atoms with van der Waals surface area (Å²) < 4.78 is 5.88. The molecule has 2 heterocycles. The minimum absolute atomic E-state index is 0.105. The van der Waals surface area contributed by atoms with Gasteiger partial charge in [0.2, 0.25) is 5.91 Å². The zero-order valence-corrected chi connectivity index (χ0v) is 15.1. The van der Waals surface area contributed by atoms with E-state index in [2.05, 4.69) is 5.32 Å². The van der Waals surface area contributed by atoms with E-state index in [9.17, 15) is 9.59 Å². The Labute approximate surface area is 161 Å². The molecule has 0 radical (unpaired) electrons. The van der Waals surface area contributed by atoms with Crippen LogP contribution < -0.4 is 10.2 Å². The molecule has 0 atom stereocenters. The predicted molar refractivity (Wildman–Crippen MR) is 110 cm³/mol. The maximum atomic E-state index is 12.7. The third-order valence-electron chi connectivity index (χ3n) is 5.13. The first-order chi connectivity index (χ1) is 13.7. The van der Waals surface area contributed by atoms with Crippen molar-refractivity contribution in [1.29, 1.82) is 0 Å². The van der Waals surface area contributed by atoms with Gasteiger partial charge in [0.15, 0.2) is 0 Å². The lowest BCUT2D eigenvalue weighted by molar-refractivity contribution is -0.117. The van der Waals surface area contributed by atoms with E-state index in [1.165, 1.54) is 0 Å². The van der Waals surface area contributed by atoms with Crippen molar-refractivity contribution >= 4 is 45.1 Å². The van der Waals surface area contributed by atoms with Gasteiger partial charge in [-0.1, -0.05) is 24.3 Å². The molecule has 0 unspecified atom stereocenters. The van der Waals surface area contributed by atoms with Crippen LogP contribution in [0.1, 0.15) is 23.2 Å². The van der Waals surface area contributed by atoms with Crippen LogP contribution in [0.15, 0.2) is 71.1 Å². The highest BCUT2D eigenvalue weighted by atomic mass is 16.3. The van der Waals surface area contributed by atoms with E-state index >= 15 is 0 Å². The SMILES string of the molecule is O=C(Nc1ccc2c(c1)oc1ccccc12)c1cccc(N2CCCC2=O)c1. The lowest BCUT2D eigenvalue weighted by atomic mass is 10.1. The van der Waals surface area contributed by atoms with E-state index in [0.29, 0.717) is 24.2 Å². The van der Waals surface area contributed by atoms with Crippen LogP contribution in [0.2, 0.25) is 0 Å². The molecule has 1 N–H and O–H groups in total. The smallest absolute Gasteiger partial charge is 0.255 e. The zero-order chi connectivity index (χ0) is 19.1. The Hall–Kier alpha value is -3.60. The maximum Gasteiger partial charge on any atom is 0.255 e. The summed E-state index contributed by atoms with van der Waals surface area (Å²) in [5.41, 5.74) is 3.50. The molecular weight excluding hydrogens is 352 g/mol. The quantitative estimate of drug-likeness (QED) is 0.554. The largest absolute Gasteiger partial charge is 0.456 e. The second-order valence-electron chi connectivity index (χ2n) is 6.96. The Bertz CT molecular complexity index is 1220. The topological polar surface area (TPSA) is 62.6 Å². The van der Waals surface area contributed by atoms with Crippen LogP contribution in [0, 0.1) is 0 Å². The van der Waals surface area contributed by atoms with Gasteiger partial charge in [0.25, 0.3) is 5.91 Å². The van der Waals surface area contributed by atoms with E-state index in [4.69, 9.17) is 4.42 Å². The molecule has 1 saturated heterocycles. The molecule has 4 aromatic rings. The summed E-state index contributed by atoms with van der Waals surface area (Å²) in [5, 5.41) is 4.99. The van der Waals surface area contributed by atoms with Crippen molar-refractivity contribution in [1.82, 2.24) is 0 Å². The molecule has 1 aliphatic heterocycles. The number of benzene rings is 3. The second-order valence-corrected chi connectivity index (χ2v) is 6.96. The number of fused-ring (bicyclic) bond motifs is 3. The van der Waals surface area contributed by atoms with E-state index in [1.54, 1.807) is 23.1 Å². The summed E-state index contributed by atoms with van der Waals surface area (Å²) >= 11 is 0. The molecular formula is C23H18N2O3. The highest BCUT2D eigenvalue weighted by Crippen LogP contribution is 2.30. The first-order valence-electron chi connectivity index (χ1n) is 9.32.